The lowest BCUT2D eigenvalue weighted by atomic mass is 10.0. The van der Waals surface area contributed by atoms with Crippen molar-refractivity contribution in [1.29, 1.82) is 0 Å². The summed E-state index contributed by atoms with van der Waals surface area (Å²) in [5, 5.41) is 5.11. The first-order valence-electron chi connectivity index (χ1n) is 14.6. The van der Waals surface area contributed by atoms with Crippen molar-refractivity contribution in [1.82, 2.24) is 0 Å². The molecule has 0 aliphatic heterocycles. The molecule has 0 aliphatic carbocycles. The number of nitrogens with zero attached hydrogens (tertiary/aromatic N) is 2. The molecule has 0 bridgehead atoms. The molecule has 7 aromatic carbocycles. The Hall–Kier alpha value is -5.51. The summed E-state index contributed by atoms with van der Waals surface area (Å²) in [5.41, 5.74) is 7.49. The highest BCUT2D eigenvalue weighted by molar-refractivity contribution is 6.37. The minimum absolute atomic E-state index is 0.638. The average molecular weight is 587 g/mol. The van der Waals surface area contributed by atoms with Crippen molar-refractivity contribution in [3.63, 3.8) is 0 Å². The van der Waals surface area contributed by atoms with Crippen LogP contribution in [0.15, 0.2) is 168 Å². The summed E-state index contributed by atoms with van der Waals surface area (Å²) < 4.78 is 6.46. The van der Waals surface area contributed by atoms with Crippen molar-refractivity contribution in [3.05, 3.63) is 169 Å². The number of anilines is 6. The Bertz CT molecular complexity index is 2210. The third-order valence-electron chi connectivity index (χ3n) is 8.09. The molecular formula is C40H27ClN2O. The second-order valence-corrected chi connectivity index (χ2v) is 11.1. The minimum atomic E-state index is 0.638. The fraction of sp³-hybridized carbons (Fsp3) is 0. The van der Waals surface area contributed by atoms with Gasteiger partial charge in [0.05, 0.1) is 27.5 Å². The molecule has 8 aromatic rings. The third kappa shape index (κ3) is 4.38. The first kappa shape index (κ1) is 26.1. The Labute approximate surface area is 260 Å². The molecule has 0 spiro atoms. The van der Waals surface area contributed by atoms with Crippen LogP contribution in [0.2, 0.25) is 5.02 Å². The Balaban J connectivity index is 1.41. The van der Waals surface area contributed by atoms with Gasteiger partial charge in [0, 0.05) is 22.4 Å². The van der Waals surface area contributed by atoms with Gasteiger partial charge in [-0.2, -0.15) is 0 Å². The van der Waals surface area contributed by atoms with Crippen LogP contribution in [0.4, 0.5) is 34.1 Å². The predicted octanol–water partition coefficient (Wildman–Crippen LogP) is 12.3. The largest absolute Gasteiger partial charge is 0.456 e. The van der Waals surface area contributed by atoms with E-state index >= 15 is 0 Å². The molecule has 1 aromatic heterocycles. The van der Waals surface area contributed by atoms with Crippen molar-refractivity contribution < 1.29 is 4.42 Å². The topological polar surface area (TPSA) is 19.6 Å². The number of fused-ring (bicyclic) bond motifs is 5. The van der Waals surface area contributed by atoms with Crippen LogP contribution in [0.3, 0.4) is 0 Å². The van der Waals surface area contributed by atoms with Crippen molar-refractivity contribution in [2.45, 2.75) is 0 Å². The van der Waals surface area contributed by atoms with Crippen molar-refractivity contribution in [3.8, 4) is 0 Å². The standard InChI is InChI=1S/C40H27ClN2O/c41-40-34(42(29-15-4-1-5-16-29)30-17-6-2-7-18-30)23-12-24-35(40)43(31-19-8-3-9-20-31)33-22-13-25-36-39(33)38-32-21-11-10-14-28(32)26-27-37(38)44-36/h1-27H. The first-order chi connectivity index (χ1) is 21.8. The molecule has 44 heavy (non-hydrogen) atoms. The summed E-state index contributed by atoms with van der Waals surface area (Å²) in [5.74, 6) is 0. The molecule has 0 fully saturated rings. The lowest BCUT2D eigenvalue weighted by Crippen LogP contribution is -2.14. The van der Waals surface area contributed by atoms with Gasteiger partial charge in [0.2, 0.25) is 0 Å². The van der Waals surface area contributed by atoms with E-state index in [1.54, 1.807) is 0 Å². The normalized spacial score (nSPS) is 11.3. The highest BCUT2D eigenvalue weighted by atomic mass is 35.5. The average Bonchev–Trinajstić information content (AvgIpc) is 3.48. The SMILES string of the molecule is Clc1c(N(c2ccccc2)c2ccccc2)cccc1N(c1ccccc1)c1cccc2oc3ccc4ccccc4c3c12. The van der Waals surface area contributed by atoms with E-state index in [1.165, 1.54) is 5.39 Å². The maximum absolute atomic E-state index is 7.53. The summed E-state index contributed by atoms with van der Waals surface area (Å²) in [6, 6.07) is 56.2. The second-order valence-electron chi connectivity index (χ2n) is 10.7. The highest BCUT2D eigenvalue weighted by Gasteiger charge is 2.25. The van der Waals surface area contributed by atoms with Crippen LogP contribution in [0.5, 0.6) is 0 Å². The number of hydrogen-bond acceptors (Lipinski definition) is 3. The van der Waals surface area contributed by atoms with E-state index in [9.17, 15) is 0 Å². The van der Waals surface area contributed by atoms with Crippen LogP contribution in [0.25, 0.3) is 32.7 Å². The quantitative estimate of drug-likeness (QED) is 0.193. The molecule has 210 valence electrons. The third-order valence-corrected chi connectivity index (χ3v) is 8.48. The molecule has 0 aliphatic rings. The molecule has 8 rings (SSSR count). The molecule has 1 heterocycles. The van der Waals surface area contributed by atoms with Crippen molar-refractivity contribution in [2.24, 2.45) is 0 Å². The van der Waals surface area contributed by atoms with Gasteiger partial charge in [-0.1, -0.05) is 109 Å². The van der Waals surface area contributed by atoms with Gasteiger partial charge in [-0.15, -0.1) is 0 Å². The number of rotatable bonds is 6. The maximum Gasteiger partial charge on any atom is 0.137 e. The molecule has 0 saturated heterocycles. The molecule has 0 radical (unpaired) electrons. The fourth-order valence-corrected chi connectivity index (χ4v) is 6.47. The van der Waals surface area contributed by atoms with Crippen molar-refractivity contribution >= 4 is 78.4 Å². The van der Waals surface area contributed by atoms with E-state index in [1.807, 2.05) is 48.5 Å². The van der Waals surface area contributed by atoms with Crippen molar-refractivity contribution in [2.75, 3.05) is 9.80 Å². The lowest BCUT2D eigenvalue weighted by molar-refractivity contribution is 0.669. The summed E-state index contributed by atoms with van der Waals surface area (Å²) in [6.45, 7) is 0. The van der Waals surface area contributed by atoms with Gasteiger partial charge in [-0.3, -0.25) is 0 Å². The zero-order valence-corrected chi connectivity index (χ0v) is 24.5. The molecule has 0 N–H and O–H groups in total. The van der Waals surface area contributed by atoms with E-state index in [2.05, 4.69) is 125 Å². The van der Waals surface area contributed by atoms with Gasteiger partial charge >= 0.3 is 0 Å². The highest BCUT2D eigenvalue weighted by Crippen LogP contribution is 2.49. The maximum atomic E-state index is 7.53. The number of hydrogen-bond donors (Lipinski definition) is 0. The van der Waals surface area contributed by atoms with Gasteiger partial charge in [0.25, 0.3) is 0 Å². The number of benzene rings is 7. The molecule has 3 nitrogen and oxygen atoms in total. The number of halogens is 1. The monoisotopic (exact) mass is 586 g/mol. The Morgan fingerprint density at radius 1 is 0.386 bits per heavy atom. The van der Waals surface area contributed by atoms with Gasteiger partial charge in [-0.05, 0) is 77.5 Å². The summed E-state index contributed by atoms with van der Waals surface area (Å²) in [6.07, 6.45) is 0. The summed E-state index contributed by atoms with van der Waals surface area (Å²) >= 11 is 7.53. The number of para-hydroxylation sites is 3. The zero-order chi connectivity index (χ0) is 29.5. The molecule has 0 unspecified atom stereocenters. The van der Waals surface area contributed by atoms with Gasteiger partial charge in [0.15, 0.2) is 0 Å². The molecule has 4 heteroatoms. The van der Waals surface area contributed by atoms with Gasteiger partial charge in [0.1, 0.15) is 11.2 Å². The summed E-state index contributed by atoms with van der Waals surface area (Å²) in [7, 11) is 0. The van der Waals surface area contributed by atoms with Gasteiger partial charge in [-0.25, -0.2) is 0 Å². The molecule has 0 amide bonds. The van der Waals surface area contributed by atoms with E-state index < -0.39 is 0 Å². The molecule has 0 saturated carbocycles. The summed E-state index contributed by atoms with van der Waals surface area (Å²) in [4.78, 5) is 4.45. The van der Waals surface area contributed by atoms with Crippen LogP contribution in [-0.4, -0.2) is 0 Å². The fourth-order valence-electron chi connectivity index (χ4n) is 6.17. The van der Waals surface area contributed by atoms with E-state index in [0.29, 0.717) is 5.02 Å². The molecule has 0 atom stereocenters. The zero-order valence-electron chi connectivity index (χ0n) is 23.8. The van der Waals surface area contributed by atoms with E-state index in [-0.39, 0.29) is 0 Å². The first-order valence-corrected chi connectivity index (χ1v) is 15.0. The van der Waals surface area contributed by atoms with E-state index in [4.69, 9.17) is 16.0 Å². The Morgan fingerprint density at radius 2 is 0.886 bits per heavy atom. The number of furan rings is 1. The second kappa shape index (κ2) is 11.0. The lowest BCUT2D eigenvalue weighted by Gasteiger charge is -2.31. The van der Waals surface area contributed by atoms with Crippen LogP contribution in [-0.2, 0) is 0 Å². The molecular weight excluding hydrogens is 560 g/mol. The predicted molar refractivity (Wildman–Crippen MR) is 186 cm³/mol. The van der Waals surface area contributed by atoms with Gasteiger partial charge < -0.3 is 14.2 Å². The van der Waals surface area contributed by atoms with Crippen LogP contribution >= 0.6 is 11.6 Å². The van der Waals surface area contributed by atoms with Crippen LogP contribution in [0, 0.1) is 0 Å². The van der Waals surface area contributed by atoms with Crippen LogP contribution in [0.1, 0.15) is 0 Å². The Morgan fingerprint density at radius 3 is 1.55 bits per heavy atom. The minimum Gasteiger partial charge on any atom is -0.456 e. The van der Waals surface area contributed by atoms with Crippen LogP contribution < -0.4 is 9.80 Å². The van der Waals surface area contributed by atoms with E-state index in [0.717, 1.165) is 61.4 Å². The smallest absolute Gasteiger partial charge is 0.137 e. The Kier molecular flexibility index (Phi) is 6.51.